The van der Waals surface area contributed by atoms with E-state index < -0.39 is 11.2 Å². The molecule has 0 radical (unpaired) electrons. The number of amides is 1. The van der Waals surface area contributed by atoms with Crippen molar-refractivity contribution in [1.82, 2.24) is 29.3 Å². The average molecular weight is 372 g/mol. The summed E-state index contributed by atoms with van der Waals surface area (Å²) < 4.78 is 0.990. The highest BCUT2D eigenvalue weighted by Gasteiger charge is 2.45. The summed E-state index contributed by atoms with van der Waals surface area (Å²) in [6.45, 7) is 2.22. The van der Waals surface area contributed by atoms with Crippen molar-refractivity contribution in [3.63, 3.8) is 0 Å². The Balaban J connectivity index is 1.49. The van der Waals surface area contributed by atoms with E-state index in [1.54, 1.807) is 6.33 Å². The number of likely N-dealkylation sites (N-methyl/N-ethyl adjacent to an activating group) is 1. The number of rotatable bonds is 2. The second-order valence-corrected chi connectivity index (χ2v) is 7.47. The molecule has 2 N–H and O–H groups in total. The zero-order chi connectivity index (χ0) is 19.2. The number of imidazole rings is 1. The zero-order valence-corrected chi connectivity index (χ0v) is 15.6. The van der Waals surface area contributed by atoms with Crippen LogP contribution in [0, 0.1) is 0 Å². The van der Waals surface area contributed by atoms with E-state index >= 15 is 0 Å². The first-order chi connectivity index (χ1) is 12.9. The van der Waals surface area contributed by atoms with Gasteiger partial charge in [0, 0.05) is 50.6 Å². The van der Waals surface area contributed by atoms with Crippen molar-refractivity contribution in [1.29, 1.82) is 0 Å². The van der Waals surface area contributed by atoms with Gasteiger partial charge in [0.05, 0.1) is 24.0 Å². The van der Waals surface area contributed by atoms with Gasteiger partial charge < -0.3 is 14.9 Å². The molecule has 4 heterocycles. The zero-order valence-electron chi connectivity index (χ0n) is 15.6. The molecular weight excluding hydrogens is 348 g/mol. The maximum Gasteiger partial charge on any atom is 0.328 e. The first-order valence-corrected chi connectivity index (χ1v) is 9.22. The van der Waals surface area contributed by atoms with Crippen LogP contribution in [0.15, 0.2) is 22.1 Å². The minimum absolute atomic E-state index is 0.0000522. The summed E-state index contributed by atoms with van der Waals surface area (Å²) in [6.07, 6.45) is 5.70. The lowest BCUT2D eigenvalue weighted by Crippen LogP contribution is -2.56. The van der Waals surface area contributed by atoms with Crippen LogP contribution in [0.4, 0.5) is 0 Å². The Morgan fingerprint density at radius 1 is 1.19 bits per heavy atom. The number of H-pyrrole nitrogens is 2. The van der Waals surface area contributed by atoms with Gasteiger partial charge in [-0.05, 0) is 19.9 Å². The average Bonchev–Trinajstić information content (AvgIpc) is 3.16. The number of carbonyl (C=O) groups excluding carboxylic acids is 1. The van der Waals surface area contributed by atoms with Crippen LogP contribution < -0.4 is 11.2 Å². The van der Waals surface area contributed by atoms with Gasteiger partial charge in [0.2, 0.25) is 5.91 Å². The molecule has 1 spiro atoms. The highest BCUT2D eigenvalue weighted by Crippen LogP contribution is 2.41. The highest BCUT2D eigenvalue weighted by atomic mass is 16.2. The quantitative estimate of drug-likeness (QED) is 0.728. The van der Waals surface area contributed by atoms with Crippen molar-refractivity contribution in [2.24, 2.45) is 7.05 Å². The second kappa shape index (κ2) is 6.49. The second-order valence-electron chi connectivity index (χ2n) is 7.47. The predicted molar refractivity (Wildman–Crippen MR) is 98.4 cm³/mol. The Morgan fingerprint density at radius 3 is 2.67 bits per heavy atom. The molecule has 0 saturated carbocycles. The molecule has 9 nitrogen and oxygen atoms in total. The van der Waals surface area contributed by atoms with E-state index in [9.17, 15) is 14.4 Å². The number of fused-ring (bicyclic) bond motifs is 2. The van der Waals surface area contributed by atoms with Gasteiger partial charge >= 0.3 is 5.69 Å². The molecule has 0 unspecified atom stereocenters. The van der Waals surface area contributed by atoms with E-state index in [-0.39, 0.29) is 17.9 Å². The minimum Gasteiger partial charge on any atom is -0.348 e. The number of carbonyl (C=O) groups is 1. The highest BCUT2D eigenvalue weighted by molar-refractivity contribution is 5.78. The van der Waals surface area contributed by atoms with Crippen LogP contribution in [0.5, 0.6) is 0 Å². The monoisotopic (exact) mass is 372 g/mol. The Hall–Kier alpha value is -2.68. The van der Waals surface area contributed by atoms with E-state index in [0.717, 1.165) is 36.1 Å². The van der Waals surface area contributed by atoms with Crippen molar-refractivity contribution in [3.05, 3.63) is 50.3 Å². The maximum atomic E-state index is 12.7. The molecule has 2 aliphatic heterocycles. The predicted octanol–water partition coefficient (Wildman–Crippen LogP) is -0.655. The number of nitrogens with zero attached hydrogens (tertiary/aromatic N) is 4. The molecule has 1 fully saturated rings. The molecule has 0 atom stereocenters. The van der Waals surface area contributed by atoms with Crippen LogP contribution in [-0.2, 0) is 30.2 Å². The van der Waals surface area contributed by atoms with Crippen LogP contribution in [0.3, 0.4) is 0 Å². The van der Waals surface area contributed by atoms with Gasteiger partial charge in [-0.1, -0.05) is 0 Å². The van der Waals surface area contributed by atoms with E-state index in [4.69, 9.17) is 0 Å². The van der Waals surface area contributed by atoms with Gasteiger partial charge in [-0.3, -0.25) is 19.1 Å². The van der Waals surface area contributed by atoms with Crippen LogP contribution in [-0.4, -0.2) is 61.9 Å². The molecule has 2 aromatic rings. The van der Waals surface area contributed by atoms with Gasteiger partial charge in [-0.2, -0.15) is 0 Å². The number of piperidine rings is 1. The number of hydrogen-bond acceptors (Lipinski definition) is 5. The lowest BCUT2D eigenvalue weighted by Gasteiger charge is -2.49. The first kappa shape index (κ1) is 17.7. The minimum atomic E-state index is -0.480. The summed E-state index contributed by atoms with van der Waals surface area (Å²) in [5, 5.41) is 0. The molecule has 1 saturated heterocycles. The Morgan fingerprint density at radius 2 is 1.93 bits per heavy atom. The number of aromatic nitrogens is 4. The molecule has 27 heavy (non-hydrogen) atoms. The Kier molecular flexibility index (Phi) is 4.26. The van der Waals surface area contributed by atoms with Crippen molar-refractivity contribution in [2.75, 3.05) is 26.7 Å². The largest absolute Gasteiger partial charge is 0.348 e. The molecule has 4 rings (SSSR count). The summed E-state index contributed by atoms with van der Waals surface area (Å²) in [5.41, 5.74) is 1.59. The normalized spacial score (nSPS) is 19.3. The van der Waals surface area contributed by atoms with Gasteiger partial charge in [-0.15, -0.1) is 0 Å². The number of aromatic amines is 2. The fourth-order valence-electron chi connectivity index (χ4n) is 4.35. The number of likely N-dealkylation sites (tertiary alicyclic amines) is 1. The van der Waals surface area contributed by atoms with Crippen molar-refractivity contribution in [2.45, 2.75) is 31.2 Å². The van der Waals surface area contributed by atoms with E-state index in [2.05, 4.69) is 26.9 Å². The van der Waals surface area contributed by atoms with Crippen molar-refractivity contribution < 1.29 is 4.79 Å². The molecule has 9 heteroatoms. The summed E-state index contributed by atoms with van der Waals surface area (Å²) in [7, 11) is 3.53. The molecule has 0 aromatic carbocycles. The first-order valence-electron chi connectivity index (χ1n) is 9.22. The van der Waals surface area contributed by atoms with E-state index in [1.165, 1.54) is 18.9 Å². The number of hydrogen-bond donors (Lipinski definition) is 2. The number of nitrogens with one attached hydrogen (secondary N) is 2. The van der Waals surface area contributed by atoms with Crippen LogP contribution >= 0.6 is 0 Å². The van der Waals surface area contributed by atoms with Gasteiger partial charge in [0.25, 0.3) is 5.56 Å². The van der Waals surface area contributed by atoms with Gasteiger partial charge in [-0.25, -0.2) is 9.78 Å². The van der Waals surface area contributed by atoms with E-state index in [0.29, 0.717) is 18.7 Å². The lowest BCUT2D eigenvalue weighted by atomic mass is 9.79. The van der Waals surface area contributed by atoms with Crippen molar-refractivity contribution >= 4 is 5.91 Å². The molecule has 144 valence electrons. The third-order valence-electron chi connectivity index (χ3n) is 6.13. The lowest BCUT2D eigenvalue weighted by molar-refractivity contribution is -0.133. The molecule has 2 aliphatic rings. The maximum absolute atomic E-state index is 12.7. The molecule has 0 bridgehead atoms. The Labute approximate surface area is 156 Å². The van der Waals surface area contributed by atoms with E-state index in [1.807, 2.05) is 4.90 Å². The third kappa shape index (κ3) is 2.82. The fourth-order valence-corrected chi connectivity index (χ4v) is 4.35. The Bertz CT molecular complexity index is 979. The summed E-state index contributed by atoms with van der Waals surface area (Å²) in [5.74, 6) is -0.0882. The van der Waals surface area contributed by atoms with Gasteiger partial charge in [0.15, 0.2) is 0 Å². The SMILES string of the molecule is CN1CCc2[nH]cnc2C12CCN(C(=O)Cc1c[nH]c(=O)n(C)c1=O)CC2. The smallest absolute Gasteiger partial charge is 0.328 e. The van der Waals surface area contributed by atoms with Crippen LogP contribution in [0.1, 0.15) is 29.8 Å². The molecule has 0 aliphatic carbocycles. The molecule has 1 amide bonds. The topological polar surface area (TPSA) is 107 Å². The summed E-state index contributed by atoms with van der Waals surface area (Å²) in [4.78, 5) is 50.8. The van der Waals surface area contributed by atoms with Gasteiger partial charge in [0.1, 0.15) is 0 Å². The molecular formula is C18H24N6O3. The van der Waals surface area contributed by atoms with Crippen molar-refractivity contribution in [3.8, 4) is 0 Å². The standard InChI is InChI=1S/C18H24N6O3/c1-22-6-3-13-15(21-11-20-13)18(22)4-7-24(8-5-18)14(25)9-12-10-19-17(27)23(2)16(12)26/h10-11H,3-9H2,1-2H3,(H,19,27)(H,20,21). The fraction of sp³-hybridized carbons (Fsp3) is 0.556. The summed E-state index contributed by atoms with van der Waals surface area (Å²) in [6, 6.07) is 0. The van der Waals surface area contributed by atoms with Crippen LogP contribution in [0.25, 0.3) is 0 Å². The molecule has 2 aromatic heterocycles. The third-order valence-corrected chi connectivity index (χ3v) is 6.13. The van der Waals surface area contributed by atoms with Crippen LogP contribution in [0.2, 0.25) is 0 Å². The summed E-state index contributed by atoms with van der Waals surface area (Å²) >= 11 is 0.